The van der Waals surface area contributed by atoms with Gasteiger partial charge in [0.05, 0.1) is 0 Å². The zero-order valence-electron chi connectivity index (χ0n) is 13.3. The molecule has 0 aliphatic heterocycles. The van der Waals surface area contributed by atoms with Gasteiger partial charge in [0.1, 0.15) is 23.0 Å². The molecule has 2 aromatic heterocycles. The highest BCUT2D eigenvalue weighted by molar-refractivity contribution is 5.77. The third-order valence-electron chi connectivity index (χ3n) is 3.36. The molecule has 3 aromatic rings. The van der Waals surface area contributed by atoms with Gasteiger partial charge in [-0.3, -0.25) is 4.40 Å². The maximum atomic E-state index is 13.6. The third-order valence-corrected chi connectivity index (χ3v) is 3.36. The first-order valence-corrected chi connectivity index (χ1v) is 7.36. The molecule has 3 nitrogen and oxygen atoms in total. The summed E-state index contributed by atoms with van der Waals surface area (Å²) in [5.74, 6) is 0.629. The van der Waals surface area contributed by atoms with Crippen LogP contribution in [0, 0.1) is 12.7 Å². The van der Waals surface area contributed by atoms with Gasteiger partial charge in [0.15, 0.2) is 0 Å². The number of rotatable bonds is 2. The van der Waals surface area contributed by atoms with E-state index in [-0.39, 0.29) is 11.4 Å². The van der Waals surface area contributed by atoms with Crippen LogP contribution in [0.25, 0.3) is 16.9 Å². The van der Waals surface area contributed by atoms with Crippen molar-refractivity contribution in [3.8, 4) is 11.3 Å². The zero-order valence-corrected chi connectivity index (χ0v) is 13.3. The van der Waals surface area contributed by atoms with Crippen LogP contribution in [-0.2, 0) is 0 Å². The number of imidazole rings is 1. The minimum absolute atomic E-state index is 0.123. The van der Waals surface area contributed by atoms with Gasteiger partial charge in [-0.05, 0) is 51.5 Å². The molecule has 0 saturated carbocycles. The van der Waals surface area contributed by atoms with Gasteiger partial charge in [0.2, 0.25) is 0 Å². The lowest BCUT2D eigenvalue weighted by molar-refractivity contribution is 0.627. The standard InChI is InChI=1S/C18H20FN3/c1-12-8-9-15-20-16(13-6-5-7-14(19)10-13)17(22(15)11-12)21-18(2,3)4/h5-11,21H,1-4H3. The molecule has 114 valence electrons. The van der Waals surface area contributed by atoms with Crippen molar-refractivity contribution >= 4 is 11.5 Å². The van der Waals surface area contributed by atoms with E-state index in [4.69, 9.17) is 0 Å². The highest BCUT2D eigenvalue weighted by Crippen LogP contribution is 2.31. The molecule has 0 saturated heterocycles. The van der Waals surface area contributed by atoms with Gasteiger partial charge in [0.25, 0.3) is 0 Å². The molecule has 1 N–H and O–H groups in total. The lowest BCUT2D eigenvalue weighted by atomic mass is 10.1. The number of halogens is 1. The minimum atomic E-state index is -0.257. The normalized spacial score (nSPS) is 11.9. The maximum absolute atomic E-state index is 13.6. The summed E-state index contributed by atoms with van der Waals surface area (Å²) < 4.78 is 15.6. The summed E-state index contributed by atoms with van der Waals surface area (Å²) in [7, 11) is 0. The second kappa shape index (κ2) is 5.13. The van der Waals surface area contributed by atoms with Crippen LogP contribution in [0.15, 0.2) is 42.6 Å². The van der Waals surface area contributed by atoms with Gasteiger partial charge in [-0.2, -0.15) is 0 Å². The molecular weight excluding hydrogens is 277 g/mol. The topological polar surface area (TPSA) is 29.3 Å². The van der Waals surface area contributed by atoms with Gasteiger partial charge in [-0.1, -0.05) is 18.2 Å². The Morgan fingerprint density at radius 3 is 2.59 bits per heavy atom. The fourth-order valence-electron chi connectivity index (χ4n) is 2.46. The molecule has 3 rings (SSSR count). The van der Waals surface area contributed by atoms with E-state index in [0.717, 1.165) is 28.3 Å². The lowest BCUT2D eigenvalue weighted by Crippen LogP contribution is -2.27. The van der Waals surface area contributed by atoms with Crippen molar-refractivity contribution in [3.63, 3.8) is 0 Å². The van der Waals surface area contributed by atoms with Crippen molar-refractivity contribution in [2.24, 2.45) is 0 Å². The number of aromatic nitrogens is 2. The Bertz CT molecular complexity index is 828. The van der Waals surface area contributed by atoms with Crippen LogP contribution in [0.2, 0.25) is 0 Å². The highest BCUT2D eigenvalue weighted by atomic mass is 19.1. The highest BCUT2D eigenvalue weighted by Gasteiger charge is 2.19. The van der Waals surface area contributed by atoms with Gasteiger partial charge in [-0.25, -0.2) is 9.37 Å². The summed E-state index contributed by atoms with van der Waals surface area (Å²) in [6.45, 7) is 8.33. The number of aryl methyl sites for hydroxylation is 1. The van der Waals surface area contributed by atoms with Crippen molar-refractivity contribution in [2.45, 2.75) is 33.2 Å². The fourth-order valence-corrected chi connectivity index (χ4v) is 2.46. The molecule has 1 aromatic carbocycles. The van der Waals surface area contributed by atoms with Crippen LogP contribution in [0.1, 0.15) is 26.3 Å². The molecular formula is C18H20FN3. The number of nitrogens with one attached hydrogen (secondary N) is 1. The van der Waals surface area contributed by atoms with Crippen LogP contribution in [-0.4, -0.2) is 14.9 Å². The van der Waals surface area contributed by atoms with Gasteiger partial charge < -0.3 is 5.32 Å². The van der Waals surface area contributed by atoms with Gasteiger partial charge in [0, 0.05) is 17.3 Å². The minimum Gasteiger partial charge on any atom is -0.365 e. The molecule has 0 spiro atoms. The quantitative estimate of drug-likeness (QED) is 0.745. The predicted molar refractivity (Wildman–Crippen MR) is 88.7 cm³/mol. The lowest BCUT2D eigenvalue weighted by Gasteiger charge is -2.22. The molecule has 0 unspecified atom stereocenters. The molecule has 0 radical (unpaired) electrons. The van der Waals surface area contributed by atoms with E-state index in [0.29, 0.717) is 0 Å². The average Bonchev–Trinajstić information content (AvgIpc) is 2.75. The summed E-state index contributed by atoms with van der Waals surface area (Å²) in [4.78, 5) is 4.68. The number of hydrogen-bond acceptors (Lipinski definition) is 2. The summed E-state index contributed by atoms with van der Waals surface area (Å²) >= 11 is 0. The summed E-state index contributed by atoms with van der Waals surface area (Å²) in [5.41, 5.74) is 3.40. The first-order chi connectivity index (χ1) is 10.3. The maximum Gasteiger partial charge on any atom is 0.139 e. The molecule has 0 aliphatic rings. The van der Waals surface area contributed by atoms with Crippen molar-refractivity contribution in [2.75, 3.05) is 5.32 Å². The first kappa shape index (κ1) is 14.6. The largest absolute Gasteiger partial charge is 0.365 e. The summed E-state index contributed by atoms with van der Waals surface area (Å²) in [6, 6.07) is 10.6. The Kier molecular flexibility index (Phi) is 3.39. The average molecular weight is 297 g/mol. The van der Waals surface area contributed by atoms with E-state index in [1.165, 1.54) is 12.1 Å². The second-order valence-corrected chi connectivity index (χ2v) is 6.63. The summed E-state index contributed by atoms with van der Waals surface area (Å²) in [6.07, 6.45) is 2.04. The second-order valence-electron chi connectivity index (χ2n) is 6.63. The molecule has 22 heavy (non-hydrogen) atoms. The van der Waals surface area contributed by atoms with Crippen LogP contribution in [0.5, 0.6) is 0 Å². The Balaban J connectivity index is 2.26. The van der Waals surface area contributed by atoms with Crippen molar-refractivity contribution < 1.29 is 4.39 Å². The molecule has 0 amide bonds. The van der Waals surface area contributed by atoms with Crippen molar-refractivity contribution in [1.82, 2.24) is 9.38 Å². The van der Waals surface area contributed by atoms with Crippen LogP contribution in [0.4, 0.5) is 10.2 Å². The van der Waals surface area contributed by atoms with Crippen LogP contribution >= 0.6 is 0 Å². The third kappa shape index (κ3) is 2.82. The van der Waals surface area contributed by atoms with Crippen molar-refractivity contribution in [3.05, 3.63) is 54.0 Å². The molecule has 2 heterocycles. The van der Waals surface area contributed by atoms with Crippen LogP contribution in [0.3, 0.4) is 0 Å². The first-order valence-electron chi connectivity index (χ1n) is 7.36. The smallest absolute Gasteiger partial charge is 0.139 e. The van der Waals surface area contributed by atoms with Gasteiger partial charge >= 0.3 is 0 Å². The number of anilines is 1. The Hall–Kier alpha value is -2.36. The van der Waals surface area contributed by atoms with E-state index in [2.05, 4.69) is 31.1 Å². The molecule has 0 fully saturated rings. The SMILES string of the molecule is Cc1ccc2nc(-c3cccc(F)c3)c(NC(C)(C)C)n2c1. The Morgan fingerprint density at radius 1 is 1.14 bits per heavy atom. The Morgan fingerprint density at radius 2 is 1.91 bits per heavy atom. The molecule has 4 heteroatoms. The number of pyridine rings is 1. The van der Waals surface area contributed by atoms with Crippen LogP contribution < -0.4 is 5.32 Å². The summed E-state index contributed by atoms with van der Waals surface area (Å²) in [5, 5.41) is 3.50. The van der Waals surface area contributed by atoms with Crippen molar-refractivity contribution in [1.29, 1.82) is 0 Å². The van der Waals surface area contributed by atoms with E-state index in [1.807, 2.05) is 35.7 Å². The zero-order chi connectivity index (χ0) is 15.9. The Labute approximate surface area is 129 Å². The number of fused-ring (bicyclic) bond motifs is 1. The van der Waals surface area contributed by atoms with E-state index < -0.39 is 0 Å². The molecule has 0 atom stereocenters. The number of benzene rings is 1. The van der Waals surface area contributed by atoms with E-state index in [1.54, 1.807) is 6.07 Å². The molecule has 0 aliphatic carbocycles. The fraction of sp³-hybridized carbons (Fsp3) is 0.278. The van der Waals surface area contributed by atoms with E-state index in [9.17, 15) is 4.39 Å². The monoisotopic (exact) mass is 297 g/mol. The number of hydrogen-bond donors (Lipinski definition) is 1. The molecule has 0 bridgehead atoms. The van der Waals surface area contributed by atoms with Gasteiger partial charge in [-0.15, -0.1) is 0 Å². The van der Waals surface area contributed by atoms with E-state index >= 15 is 0 Å². The predicted octanol–water partition coefficient (Wildman–Crippen LogP) is 4.66. The number of nitrogens with zero attached hydrogens (tertiary/aromatic N) is 2.